The average Bonchev–Trinajstić information content (AvgIpc) is 2.82. The molecule has 0 saturated heterocycles. The fourth-order valence-electron chi connectivity index (χ4n) is 3.24. The number of nitrogens with one attached hydrogen (secondary N) is 1. The third kappa shape index (κ3) is 6.54. The summed E-state index contributed by atoms with van der Waals surface area (Å²) in [7, 11) is 1.34. The van der Waals surface area contributed by atoms with Crippen molar-refractivity contribution in [3.8, 4) is 5.88 Å². The topological polar surface area (TPSA) is 127 Å². The molecule has 9 nitrogen and oxygen atoms in total. The van der Waals surface area contributed by atoms with E-state index in [4.69, 9.17) is 4.74 Å². The van der Waals surface area contributed by atoms with Crippen LogP contribution in [0, 0.1) is 21.7 Å². The van der Waals surface area contributed by atoms with Gasteiger partial charge >= 0.3 is 12.1 Å². The van der Waals surface area contributed by atoms with E-state index in [1.165, 1.54) is 19.2 Å². The van der Waals surface area contributed by atoms with Gasteiger partial charge in [0.2, 0.25) is 5.88 Å². The van der Waals surface area contributed by atoms with E-state index < -0.39 is 45.5 Å². The molecule has 0 fully saturated rings. The molecule has 0 aliphatic rings. The number of hydrogen-bond acceptors (Lipinski definition) is 7. The standard InChI is InChI=1S/C23H17F5N4O5/c1-37-21-5-4-20(32(35)36)18(31-21)6-7-29-11-12-8-13(24)2-3-17(12)30-19-10-15(23(26,27)28)16(25)9-14(19)22(33)34/h2-5,8-11,30H,6-7H2,1H3,(H,33,34). The molecule has 2 aromatic carbocycles. The van der Waals surface area contributed by atoms with Gasteiger partial charge in [-0.2, -0.15) is 13.2 Å². The molecule has 0 saturated carbocycles. The number of hydrogen-bond donors (Lipinski definition) is 2. The number of methoxy groups -OCH3 is 1. The van der Waals surface area contributed by atoms with Crippen molar-refractivity contribution in [2.45, 2.75) is 12.6 Å². The Labute approximate surface area is 205 Å². The predicted molar refractivity (Wildman–Crippen MR) is 122 cm³/mol. The van der Waals surface area contributed by atoms with Crippen LogP contribution in [0.4, 0.5) is 39.0 Å². The number of carbonyl (C=O) groups is 1. The van der Waals surface area contributed by atoms with E-state index in [0.717, 1.165) is 24.4 Å². The van der Waals surface area contributed by atoms with Crippen LogP contribution in [-0.4, -0.2) is 40.9 Å². The maximum atomic E-state index is 13.9. The first-order chi connectivity index (χ1) is 17.4. The SMILES string of the molecule is COc1ccc([N+](=O)[O-])c(CCN=Cc2cc(F)ccc2Nc2cc(C(F)(F)F)c(F)cc2C(=O)O)n1. The third-order valence-electron chi connectivity index (χ3n) is 4.96. The second kappa shape index (κ2) is 11.0. The lowest BCUT2D eigenvalue weighted by Gasteiger charge is -2.16. The summed E-state index contributed by atoms with van der Waals surface area (Å²) in [4.78, 5) is 30.2. The minimum atomic E-state index is -5.10. The Morgan fingerprint density at radius 3 is 2.54 bits per heavy atom. The summed E-state index contributed by atoms with van der Waals surface area (Å²) in [5.41, 5.74) is -3.25. The van der Waals surface area contributed by atoms with Crippen molar-refractivity contribution in [3.05, 3.63) is 86.6 Å². The molecule has 0 unspecified atom stereocenters. The highest BCUT2D eigenvalue weighted by molar-refractivity contribution is 5.97. The third-order valence-corrected chi connectivity index (χ3v) is 4.96. The first-order valence-corrected chi connectivity index (χ1v) is 10.3. The molecule has 0 aliphatic heterocycles. The van der Waals surface area contributed by atoms with E-state index in [1.54, 1.807) is 0 Å². The Bertz CT molecular complexity index is 1380. The summed E-state index contributed by atoms with van der Waals surface area (Å²) in [6.45, 7) is -0.0495. The van der Waals surface area contributed by atoms with Crippen LogP contribution in [0.5, 0.6) is 5.88 Å². The van der Waals surface area contributed by atoms with E-state index in [2.05, 4.69) is 15.3 Å². The van der Waals surface area contributed by atoms with Crippen LogP contribution >= 0.6 is 0 Å². The molecule has 1 aromatic heterocycles. The number of rotatable bonds is 9. The molecule has 1 heterocycles. The summed E-state index contributed by atoms with van der Waals surface area (Å²) >= 11 is 0. The van der Waals surface area contributed by atoms with E-state index in [9.17, 15) is 42.0 Å². The van der Waals surface area contributed by atoms with Crippen molar-refractivity contribution in [2.24, 2.45) is 4.99 Å². The van der Waals surface area contributed by atoms with E-state index in [0.29, 0.717) is 6.07 Å². The van der Waals surface area contributed by atoms with Gasteiger partial charge in [0.1, 0.15) is 17.3 Å². The van der Waals surface area contributed by atoms with Gasteiger partial charge in [0.25, 0.3) is 5.69 Å². The number of alkyl halides is 3. The molecule has 194 valence electrons. The average molecular weight is 524 g/mol. The molecule has 3 rings (SSSR count). The first kappa shape index (κ1) is 27.0. The molecule has 0 bridgehead atoms. The number of carboxylic acids is 1. The summed E-state index contributed by atoms with van der Waals surface area (Å²) < 4.78 is 72.2. The van der Waals surface area contributed by atoms with E-state index in [-0.39, 0.29) is 47.5 Å². The number of ether oxygens (including phenoxy) is 1. The lowest BCUT2D eigenvalue weighted by Crippen LogP contribution is -2.12. The molecule has 0 amide bonds. The van der Waals surface area contributed by atoms with Crippen molar-refractivity contribution in [1.29, 1.82) is 0 Å². The van der Waals surface area contributed by atoms with Gasteiger partial charge < -0.3 is 15.2 Å². The van der Waals surface area contributed by atoms with Gasteiger partial charge in [-0.3, -0.25) is 15.1 Å². The summed E-state index contributed by atoms with van der Waals surface area (Å²) in [6, 6.07) is 6.16. The molecule has 2 N–H and O–H groups in total. The zero-order chi connectivity index (χ0) is 27.3. The Morgan fingerprint density at radius 1 is 1.19 bits per heavy atom. The smallest absolute Gasteiger partial charge is 0.419 e. The van der Waals surface area contributed by atoms with Crippen molar-refractivity contribution >= 4 is 29.2 Å². The number of anilines is 2. The number of carboxylic acid groups (broad SMARTS) is 1. The maximum Gasteiger partial charge on any atom is 0.419 e. The highest BCUT2D eigenvalue weighted by atomic mass is 19.4. The summed E-state index contributed by atoms with van der Waals surface area (Å²) in [5.74, 6) is -4.05. The Morgan fingerprint density at radius 2 is 1.92 bits per heavy atom. The molecule has 0 radical (unpaired) electrons. The second-order valence-electron chi connectivity index (χ2n) is 7.40. The van der Waals surface area contributed by atoms with Gasteiger partial charge in [-0.25, -0.2) is 18.6 Å². The first-order valence-electron chi connectivity index (χ1n) is 10.3. The van der Waals surface area contributed by atoms with Crippen LogP contribution in [0.25, 0.3) is 0 Å². The molecular weight excluding hydrogens is 507 g/mol. The van der Waals surface area contributed by atoms with Crippen molar-refractivity contribution in [1.82, 2.24) is 4.98 Å². The minimum absolute atomic E-state index is 0.00183. The molecule has 0 spiro atoms. The normalized spacial score (nSPS) is 11.5. The van der Waals surface area contributed by atoms with Gasteiger partial charge in [-0.1, -0.05) is 0 Å². The quantitative estimate of drug-likeness (QED) is 0.166. The number of aromatic carboxylic acids is 1. The van der Waals surface area contributed by atoms with Crippen LogP contribution in [-0.2, 0) is 12.6 Å². The predicted octanol–water partition coefficient (Wildman–Crippen LogP) is 5.40. The van der Waals surface area contributed by atoms with Crippen LogP contribution in [0.3, 0.4) is 0 Å². The molecule has 0 atom stereocenters. The number of pyridine rings is 1. The molecule has 37 heavy (non-hydrogen) atoms. The molecule has 0 aliphatic carbocycles. The molecular formula is C23H17F5N4O5. The largest absolute Gasteiger partial charge is 0.481 e. The van der Waals surface area contributed by atoms with Crippen LogP contribution in [0.1, 0.15) is 27.2 Å². The van der Waals surface area contributed by atoms with Crippen LogP contribution < -0.4 is 10.1 Å². The van der Waals surface area contributed by atoms with E-state index in [1.807, 2.05) is 0 Å². The van der Waals surface area contributed by atoms with Gasteiger partial charge in [0.15, 0.2) is 0 Å². The fourth-order valence-corrected chi connectivity index (χ4v) is 3.24. The summed E-state index contributed by atoms with van der Waals surface area (Å²) in [6.07, 6.45) is -3.95. The number of aliphatic imine (C=N–C) groups is 1. The lowest BCUT2D eigenvalue weighted by atomic mass is 10.1. The van der Waals surface area contributed by atoms with E-state index >= 15 is 0 Å². The zero-order valence-corrected chi connectivity index (χ0v) is 18.8. The number of nitro groups is 1. The Balaban J connectivity index is 1.90. The molecule has 14 heteroatoms. The zero-order valence-electron chi connectivity index (χ0n) is 18.8. The highest BCUT2D eigenvalue weighted by Gasteiger charge is 2.35. The summed E-state index contributed by atoms with van der Waals surface area (Å²) in [5, 5.41) is 23.0. The number of benzene rings is 2. The maximum absolute atomic E-state index is 13.9. The van der Waals surface area contributed by atoms with Crippen LogP contribution in [0.15, 0.2) is 47.5 Å². The van der Waals surface area contributed by atoms with Gasteiger partial charge in [0.05, 0.1) is 28.8 Å². The fraction of sp³-hybridized carbons (Fsp3) is 0.174. The van der Waals surface area contributed by atoms with Gasteiger partial charge in [-0.05, 0) is 30.3 Å². The lowest BCUT2D eigenvalue weighted by molar-refractivity contribution is -0.385. The second-order valence-corrected chi connectivity index (χ2v) is 7.40. The Hall–Kier alpha value is -4.62. The number of aromatic nitrogens is 1. The van der Waals surface area contributed by atoms with Gasteiger partial charge in [0, 0.05) is 42.6 Å². The number of nitrogens with zero attached hydrogens (tertiary/aromatic N) is 3. The van der Waals surface area contributed by atoms with Crippen molar-refractivity contribution < 1.29 is 41.5 Å². The highest BCUT2D eigenvalue weighted by Crippen LogP contribution is 2.36. The molecule has 3 aromatic rings. The van der Waals surface area contributed by atoms with Crippen LogP contribution in [0.2, 0.25) is 0 Å². The minimum Gasteiger partial charge on any atom is -0.481 e. The van der Waals surface area contributed by atoms with Gasteiger partial charge in [-0.15, -0.1) is 0 Å². The van der Waals surface area contributed by atoms with Crippen molar-refractivity contribution in [2.75, 3.05) is 19.0 Å². The monoisotopic (exact) mass is 524 g/mol. The number of halogens is 5. The van der Waals surface area contributed by atoms with Crippen molar-refractivity contribution in [3.63, 3.8) is 0 Å². The Kier molecular flexibility index (Phi) is 8.00.